The van der Waals surface area contributed by atoms with Gasteiger partial charge in [0.15, 0.2) is 5.65 Å². The Hall–Kier alpha value is -1.95. The number of rotatable bonds is 3. The van der Waals surface area contributed by atoms with Crippen molar-refractivity contribution in [1.29, 1.82) is 0 Å². The summed E-state index contributed by atoms with van der Waals surface area (Å²) in [6.45, 7) is 0. The molecule has 0 saturated heterocycles. The van der Waals surface area contributed by atoms with Crippen molar-refractivity contribution < 1.29 is 0 Å². The van der Waals surface area contributed by atoms with Crippen LogP contribution >= 0.6 is 11.8 Å². The minimum Gasteiger partial charge on any atom is -0.264 e. The Balaban J connectivity index is 1.67. The fraction of sp³-hybridized carbons (Fsp3) is 0.375. The Morgan fingerprint density at radius 1 is 1.05 bits per heavy atom. The highest BCUT2D eigenvalue weighted by Gasteiger charge is 2.18. The minimum absolute atomic E-state index is 0.644. The van der Waals surface area contributed by atoms with Gasteiger partial charge in [-0.1, -0.05) is 31.0 Å². The van der Waals surface area contributed by atoms with Crippen LogP contribution in [0.25, 0.3) is 16.9 Å². The third kappa shape index (κ3) is 2.70. The third-order valence-electron chi connectivity index (χ3n) is 4.02. The Labute approximate surface area is 133 Å². The van der Waals surface area contributed by atoms with Crippen LogP contribution in [0.2, 0.25) is 0 Å². The van der Waals surface area contributed by atoms with Crippen molar-refractivity contribution in [3.63, 3.8) is 0 Å². The van der Waals surface area contributed by atoms with E-state index in [-0.39, 0.29) is 0 Å². The summed E-state index contributed by atoms with van der Waals surface area (Å²) >= 11 is 1.82. The molecule has 6 heteroatoms. The van der Waals surface area contributed by atoms with Crippen molar-refractivity contribution in [1.82, 2.24) is 24.8 Å². The predicted octanol–water partition coefficient (Wildman–Crippen LogP) is 3.61. The zero-order valence-corrected chi connectivity index (χ0v) is 13.0. The molecular weight excluding hydrogens is 294 g/mol. The van der Waals surface area contributed by atoms with Crippen LogP contribution in [-0.4, -0.2) is 30.0 Å². The molecular formula is C16H17N5S. The van der Waals surface area contributed by atoms with Gasteiger partial charge in [0.05, 0.1) is 5.69 Å². The summed E-state index contributed by atoms with van der Waals surface area (Å²) in [4.78, 5) is 4.16. The molecule has 1 aliphatic rings. The smallest absolute Gasteiger partial charge is 0.212 e. The lowest BCUT2D eigenvalue weighted by atomic mass is 10.0. The molecule has 0 amide bonds. The molecule has 0 aliphatic heterocycles. The van der Waals surface area contributed by atoms with E-state index < -0.39 is 0 Å². The van der Waals surface area contributed by atoms with E-state index in [1.807, 2.05) is 46.7 Å². The van der Waals surface area contributed by atoms with E-state index in [9.17, 15) is 0 Å². The van der Waals surface area contributed by atoms with Crippen LogP contribution < -0.4 is 0 Å². The van der Waals surface area contributed by atoms with Gasteiger partial charge in [-0.15, -0.1) is 10.2 Å². The van der Waals surface area contributed by atoms with E-state index in [1.54, 1.807) is 6.20 Å². The fourth-order valence-corrected chi connectivity index (χ4v) is 4.03. The van der Waals surface area contributed by atoms with Gasteiger partial charge in [0.1, 0.15) is 0 Å². The summed E-state index contributed by atoms with van der Waals surface area (Å²) in [6.07, 6.45) is 10.1. The first-order valence-electron chi connectivity index (χ1n) is 7.70. The van der Waals surface area contributed by atoms with Crippen LogP contribution in [-0.2, 0) is 0 Å². The van der Waals surface area contributed by atoms with E-state index in [1.165, 1.54) is 32.1 Å². The molecule has 4 rings (SSSR count). The molecule has 0 unspecified atom stereocenters. The SMILES string of the molecule is c1cncc(-c2ccc3nnc(SC4CCCCC4)n3n2)c1. The number of thioether (sulfide) groups is 1. The largest absolute Gasteiger partial charge is 0.264 e. The van der Waals surface area contributed by atoms with Gasteiger partial charge in [-0.25, -0.2) is 0 Å². The minimum atomic E-state index is 0.644. The molecule has 0 aromatic carbocycles. The van der Waals surface area contributed by atoms with Crippen molar-refractivity contribution in [2.24, 2.45) is 0 Å². The molecule has 0 atom stereocenters. The molecule has 3 aromatic heterocycles. The quantitative estimate of drug-likeness (QED) is 0.739. The number of pyridine rings is 1. The Morgan fingerprint density at radius 3 is 2.77 bits per heavy atom. The predicted molar refractivity (Wildman–Crippen MR) is 86.7 cm³/mol. The van der Waals surface area contributed by atoms with E-state index in [2.05, 4.69) is 15.2 Å². The lowest BCUT2D eigenvalue weighted by Crippen LogP contribution is -2.09. The van der Waals surface area contributed by atoms with Crippen molar-refractivity contribution in [2.75, 3.05) is 0 Å². The van der Waals surface area contributed by atoms with E-state index >= 15 is 0 Å². The summed E-state index contributed by atoms with van der Waals surface area (Å²) in [7, 11) is 0. The van der Waals surface area contributed by atoms with Crippen LogP contribution in [0.3, 0.4) is 0 Å². The molecule has 1 saturated carbocycles. The molecule has 0 N–H and O–H groups in total. The Bertz CT molecular complexity index is 765. The maximum atomic E-state index is 4.70. The maximum Gasteiger partial charge on any atom is 0.212 e. The molecule has 1 aliphatic carbocycles. The second-order valence-electron chi connectivity index (χ2n) is 5.59. The van der Waals surface area contributed by atoms with Crippen LogP contribution in [0.15, 0.2) is 41.8 Å². The standard InChI is InChI=1S/C16H17N5S/c1-2-6-13(7-3-1)22-16-19-18-15-9-8-14(20-21(15)16)12-5-4-10-17-11-12/h4-5,8-11,13H,1-3,6-7H2. The zero-order chi connectivity index (χ0) is 14.8. The molecule has 3 heterocycles. The number of hydrogen-bond donors (Lipinski definition) is 0. The number of hydrogen-bond acceptors (Lipinski definition) is 5. The molecule has 22 heavy (non-hydrogen) atoms. The summed E-state index contributed by atoms with van der Waals surface area (Å²) in [6, 6.07) is 7.87. The topological polar surface area (TPSA) is 56.0 Å². The van der Waals surface area contributed by atoms with Gasteiger partial charge in [-0.2, -0.15) is 9.61 Å². The molecule has 3 aromatic rings. The van der Waals surface area contributed by atoms with Crippen molar-refractivity contribution in [3.05, 3.63) is 36.7 Å². The van der Waals surface area contributed by atoms with Gasteiger partial charge in [0.2, 0.25) is 5.16 Å². The third-order valence-corrected chi connectivity index (χ3v) is 5.29. The van der Waals surface area contributed by atoms with Gasteiger partial charge >= 0.3 is 0 Å². The number of aromatic nitrogens is 5. The van der Waals surface area contributed by atoms with Crippen LogP contribution in [0, 0.1) is 0 Å². The molecule has 0 spiro atoms. The van der Waals surface area contributed by atoms with Crippen LogP contribution in [0.1, 0.15) is 32.1 Å². The van der Waals surface area contributed by atoms with Crippen LogP contribution in [0.5, 0.6) is 0 Å². The average molecular weight is 311 g/mol. The highest BCUT2D eigenvalue weighted by Crippen LogP contribution is 2.32. The summed E-state index contributed by atoms with van der Waals surface area (Å²) in [5, 5.41) is 14.8. The summed E-state index contributed by atoms with van der Waals surface area (Å²) in [5.41, 5.74) is 2.70. The normalized spacial score (nSPS) is 16.2. The molecule has 0 bridgehead atoms. The monoisotopic (exact) mass is 311 g/mol. The van der Waals surface area contributed by atoms with Gasteiger partial charge in [-0.3, -0.25) is 4.98 Å². The Kier molecular flexibility index (Phi) is 3.76. The highest BCUT2D eigenvalue weighted by atomic mass is 32.2. The molecule has 5 nitrogen and oxygen atoms in total. The van der Waals surface area contributed by atoms with E-state index in [4.69, 9.17) is 5.10 Å². The average Bonchev–Trinajstić information content (AvgIpc) is 2.99. The molecule has 0 radical (unpaired) electrons. The molecule has 1 fully saturated rings. The first-order valence-corrected chi connectivity index (χ1v) is 8.58. The number of nitrogens with zero attached hydrogens (tertiary/aromatic N) is 5. The lowest BCUT2D eigenvalue weighted by molar-refractivity contribution is 0.515. The van der Waals surface area contributed by atoms with Gasteiger partial charge < -0.3 is 0 Å². The summed E-state index contributed by atoms with van der Waals surface area (Å²) < 4.78 is 1.86. The summed E-state index contributed by atoms with van der Waals surface area (Å²) in [5.74, 6) is 0. The van der Waals surface area contributed by atoms with Gasteiger partial charge in [0, 0.05) is 23.2 Å². The number of fused-ring (bicyclic) bond motifs is 1. The lowest BCUT2D eigenvalue weighted by Gasteiger charge is -2.19. The van der Waals surface area contributed by atoms with Gasteiger partial charge in [-0.05, 0) is 37.1 Å². The first kappa shape index (κ1) is 13.7. The van der Waals surface area contributed by atoms with E-state index in [0.717, 1.165) is 22.1 Å². The van der Waals surface area contributed by atoms with Crippen molar-refractivity contribution >= 4 is 17.4 Å². The van der Waals surface area contributed by atoms with Crippen molar-refractivity contribution in [3.8, 4) is 11.3 Å². The van der Waals surface area contributed by atoms with Gasteiger partial charge in [0.25, 0.3) is 0 Å². The Morgan fingerprint density at radius 2 is 1.95 bits per heavy atom. The molecule has 112 valence electrons. The zero-order valence-electron chi connectivity index (χ0n) is 12.2. The van der Waals surface area contributed by atoms with Crippen molar-refractivity contribution in [2.45, 2.75) is 42.5 Å². The second kappa shape index (κ2) is 6.04. The highest BCUT2D eigenvalue weighted by molar-refractivity contribution is 7.99. The van der Waals surface area contributed by atoms with E-state index in [0.29, 0.717) is 5.25 Å². The fourth-order valence-electron chi connectivity index (χ4n) is 2.84. The second-order valence-corrected chi connectivity index (χ2v) is 6.86. The van der Waals surface area contributed by atoms with Crippen LogP contribution in [0.4, 0.5) is 0 Å². The maximum absolute atomic E-state index is 4.70. The first-order chi connectivity index (χ1) is 10.9.